The SMILES string of the molecule is COc1cc(-c2cn(C)c(=O)c3cc(C(=O)NC4CCN(C5CCN(c6ccc(C)c(CN(C=O)C7CCC(=O)NC7=O)c6)CC5)CC4(F)F)sc23)cc(OC)c1CN(C)C. The lowest BCUT2D eigenvalue weighted by Crippen LogP contribution is -2.61. The zero-order chi connectivity index (χ0) is 43.7. The normalized spacial score (nSPS) is 19.9. The van der Waals surface area contributed by atoms with Crippen LogP contribution in [0.15, 0.2) is 47.4 Å². The standard InChI is InChI=1S/C44H53F2N7O7S/c1-26-7-8-30(17-28(26)21-53(25-54)34-9-10-39(55)48-41(34)56)51-14-11-29(12-15-51)52-16-13-38(44(45,46)24-52)47-42(57)37-20-31-40(61-37)32(23-50(4)43(31)58)27-18-35(59-5)33(22-49(2)3)36(19-27)60-6/h7-8,17-20,23,25,29,34,38H,9-16,21-22,24H2,1-6H3,(H,47,57)(H,48,55,56). The van der Waals surface area contributed by atoms with Crippen LogP contribution in [-0.2, 0) is 34.5 Å². The van der Waals surface area contributed by atoms with Gasteiger partial charge < -0.3 is 34.1 Å². The lowest BCUT2D eigenvalue weighted by atomic mass is 9.95. The van der Waals surface area contributed by atoms with Crippen molar-refractivity contribution in [1.82, 2.24) is 29.9 Å². The maximum absolute atomic E-state index is 15.9. The Morgan fingerprint density at radius 2 is 1.70 bits per heavy atom. The summed E-state index contributed by atoms with van der Waals surface area (Å²) in [6.07, 6.45) is 4.20. The van der Waals surface area contributed by atoms with Gasteiger partial charge in [0.25, 0.3) is 17.4 Å². The van der Waals surface area contributed by atoms with Gasteiger partial charge in [0.2, 0.25) is 18.2 Å². The molecule has 326 valence electrons. The number of ether oxygens (including phenoxy) is 2. The number of imide groups is 1. The largest absolute Gasteiger partial charge is 0.496 e. The first-order valence-corrected chi connectivity index (χ1v) is 21.3. The molecule has 4 amide bonds. The Morgan fingerprint density at radius 1 is 1.00 bits per heavy atom. The molecule has 0 radical (unpaired) electrons. The van der Waals surface area contributed by atoms with E-state index >= 15 is 8.78 Å². The summed E-state index contributed by atoms with van der Waals surface area (Å²) in [6.45, 7) is 3.93. The predicted octanol–water partition coefficient (Wildman–Crippen LogP) is 4.53. The van der Waals surface area contributed by atoms with Crippen LogP contribution in [0.25, 0.3) is 21.2 Å². The molecule has 2 N–H and O–H groups in total. The highest BCUT2D eigenvalue weighted by molar-refractivity contribution is 7.21. The van der Waals surface area contributed by atoms with Crippen LogP contribution < -0.4 is 30.6 Å². The van der Waals surface area contributed by atoms with Gasteiger partial charge in [0.1, 0.15) is 17.5 Å². The number of rotatable bonds is 13. The lowest BCUT2D eigenvalue weighted by Gasteiger charge is -2.45. The number of nitrogens with zero attached hydrogens (tertiary/aromatic N) is 5. The van der Waals surface area contributed by atoms with Crippen LogP contribution in [0.1, 0.15) is 58.5 Å². The van der Waals surface area contributed by atoms with E-state index in [2.05, 4.69) is 15.5 Å². The van der Waals surface area contributed by atoms with Crippen molar-refractivity contribution < 1.29 is 37.4 Å². The van der Waals surface area contributed by atoms with E-state index in [0.29, 0.717) is 78.1 Å². The molecule has 0 aliphatic carbocycles. The number of benzene rings is 2. The summed E-state index contributed by atoms with van der Waals surface area (Å²) in [7, 11) is 8.67. The van der Waals surface area contributed by atoms with E-state index in [0.717, 1.165) is 33.7 Å². The Kier molecular flexibility index (Phi) is 12.8. The third kappa shape index (κ3) is 9.14. The maximum Gasteiger partial charge on any atom is 0.280 e. The minimum Gasteiger partial charge on any atom is -0.496 e. The van der Waals surface area contributed by atoms with E-state index < -0.39 is 36.4 Å². The van der Waals surface area contributed by atoms with Crippen LogP contribution >= 0.6 is 11.3 Å². The van der Waals surface area contributed by atoms with Crippen LogP contribution in [0.3, 0.4) is 0 Å². The number of aromatic nitrogens is 1. The Labute approximate surface area is 357 Å². The third-order valence-corrected chi connectivity index (χ3v) is 13.3. The number of alkyl halides is 2. The second kappa shape index (κ2) is 17.9. The molecule has 17 heteroatoms. The Morgan fingerprint density at radius 3 is 2.33 bits per heavy atom. The molecule has 2 aromatic carbocycles. The zero-order valence-corrected chi connectivity index (χ0v) is 36.2. The van der Waals surface area contributed by atoms with Gasteiger partial charge in [0.15, 0.2) is 0 Å². The van der Waals surface area contributed by atoms with Gasteiger partial charge in [0, 0.05) is 74.4 Å². The number of nitrogens with one attached hydrogen (secondary N) is 2. The van der Waals surface area contributed by atoms with Gasteiger partial charge >= 0.3 is 0 Å². The molecule has 2 atom stereocenters. The number of carbonyl (C=O) groups excluding carboxylic acids is 4. The van der Waals surface area contributed by atoms with Gasteiger partial charge in [-0.05, 0) is 93.7 Å². The smallest absolute Gasteiger partial charge is 0.280 e. The van der Waals surface area contributed by atoms with E-state index in [4.69, 9.17) is 9.47 Å². The molecule has 14 nitrogen and oxygen atoms in total. The molecule has 3 saturated heterocycles. The van der Waals surface area contributed by atoms with Crippen LogP contribution in [0, 0.1) is 6.92 Å². The summed E-state index contributed by atoms with van der Waals surface area (Å²) >= 11 is 1.09. The molecule has 61 heavy (non-hydrogen) atoms. The fourth-order valence-electron chi connectivity index (χ4n) is 8.80. The van der Waals surface area contributed by atoms with Crippen LogP contribution in [0.4, 0.5) is 14.5 Å². The number of thiophene rings is 1. The molecule has 2 unspecified atom stereocenters. The summed E-state index contributed by atoms with van der Waals surface area (Å²) in [5.41, 5.74) is 4.73. The summed E-state index contributed by atoms with van der Waals surface area (Å²) in [5.74, 6) is -3.45. The highest BCUT2D eigenvalue weighted by atomic mass is 32.1. The molecule has 5 heterocycles. The highest BCUT2D eigenvalue weighted by Crippen LogP contribution is 2.40. The van der Waals surface area contributed by atoms with Crippen molar-refractivity contribution in [2.75, 3.05) is 59.4 Å². The summed E-state index contributed by atoms with van der Waals surface area (Å²) in [5, 5.41) is 5.24. The fourth-order valence-corrected chi connectivity index (χ4v) is 9.88. The summed E-state index contributed by atoms with van der Waals surface area (Å²) in [6, 6.07) is 9.06. The first-order chi connectivity index (χ1) is 29.1. The number of hydrogen-bond donors (Lipinski definition) is 2. The number of amides is 4. The van der Waals surface area contributed by atoms with E-state index in [1.807, 2.05) is 61.2 Å². The van der Waals surface area contributed by atoms with Crippen molar-refractivity contribution >= 4 is 51.2 Å². The van der Waals surface area contributed by atoms with Crippen molar-refractivity contribution in [2.24, 2.45) is 7.05 Å². The second-order valence-electron chi connectivity index (χ2n) is 16.5. The van der Waals surface area contributed by atoms with Gasteiger partial charge in [-0.2, -0.15) is 0 Å². The summed E-state index contributed by atoms with van der Waals surface area (Å²) in [4.78, 5) is 70.8. The molecule has 3 aliphatic rings. The van der Waals surface area contributed by atoms with E-state index in [1.54, 1.807) is 27.5 Å². The van der Waals surface area contributed by atoms with Gasteiger partial charge in [-0.3, -0.25) is 34.2 Å². The minimum atomic E-state index is -3.19. The molecule has 3 fully saturated rings. The number of hydrogen-bond acceptors (Lipinski definition) is 11. The fraction of sp³-hybridized carbons (Fsp3) is 0.477. The van der Waals surface area contributed by atoms with Gasteiger partial charge in [0.05, 0.1) is 42.6 Å². The first-order valence-electron chi connectivity index (χ1n) is 20.5. The van der Waals surface area contributed by atoms with Crippen LogP contribution in [0.2, 0.25) is 0 Å². The quantitative estimate of drug-likeness (QED) is 0.145. The number of methoxy groups -OCH3 is 2. The van der Waals surface area contributed by atoms with Gasteiger partial charge in [-0.1, -0.05) is 6.07 Å². The molecule has 0 saturated carbocycles. The van der Waals surface area contributed by atoms with E-state index in [9.17, 15) is 24.0 Å². The number of piperidine rings is 3. The van der Waals surface area contributed by atoms with Crippen molar-refractivity contribution in [3.05, 3.63) is 74.5 Å². The maximum atomic E-state index is 15.9. The van der Waals surface area contributed by atoms with Crippen LogP contribution in [-0.4, -0.2) is 122 Å². The number of anilines is 1. The van der Waals surface area contributed by atoms with Gasteiger partial charge in [-0.25, -0.2) is 8.78 Å². The van der Waals surface area contributed by atoms with Crippen molar-refractivity contribution in [3.63, 3.8) is 0 Å². The first kappa shape index (κ1) is 43.7. The van der Waals surface area contributed by atoms with Gasteiger partial charge in [-0.15, -0.1) is 11.3 Å². The number of carbonyl (C=O) groups is 4. The number of likely N-dealkylation sites (tertiary alicyclic amines) is 1. The van der Waals surface area contributed by atoms with E-state index in [1.165, 1.54) is 15.5 Å². The van der Waals surface area contributed by atoms with Crippen LogP contribution in [0.5, 0.6) is 11.5 Å². The molecule has 2 aromatic heterocycles. The Bertz CT molecular complexity index is 2370. The molecule has 0 spiro atoms. The Hall–Kier alpha value is -5.39. The highest BCUT2D eigenvalue weighted by Gasteiger charge is 2.47. The average molecular weight is 862 g/mol. The number of halogens is 2. The van der Waals surface area contributed by atoms with E-state index in [-0.39, 0.29) is 48.2 Å². The Balaban J connectivity index is 0.997. The number of pyridine rings is 1. The lowest BCUT2D eigenvalue weighted by molar-refractivity contribution is -0.141. The zero-order valence-electron chi connectivity index (χ0n) is 35.4. The van der Waals surface area contributed by atoms with Crippen molar-refractivity contribution in [1.29, 1.82) is 0 Å². The number of fused-ring (bicyclic) bond motifs is 1. The number of aryl methyl sites for hydroxylation is 2. The molecular formula is C44H53F2N7O7S. The third-order valence-electron chi connectivity index (χ3n) is 12.2. The summed E-state index contributed by atoms with van der Waals surface area (Å²) < 4.78 is 45.3. The second-order valence-corrected chi connectivity index (χ2v) is 17.6. The monoisotopic (exact) mass is 861 g/mol. The van der Waals surface area contributed by atoms with Crippen molar-refractivity contribution in [2.45, 2.75) is 76.2 Å². The minimum absolute atomic E-state index is 0.0619. The average Bonchev–Trinajstić information content (AvgIpc) is 3.69. The van der Waals surface area contributed by atoms with Crippen molar-refractivity contribution in [3.8, 4) is 22.6 Å². The topological polar surface area (TPSA) is 146 Å². The predicted molar refractivity (Wildman–Crippen MR) is 230 cm³/mol. The molecule has 3 aliphatic heterocycles. The molecular weight excluding hydrogens is 809 g/mol. The molecule has 7 rings (SSSR count). The molecule has 4 aromatic rings. The molecule has 0 bridgehead atoms.